The minimum absolute atomic E-state index is 0.0331. The zero-order chi connectivity index (χ0) is 20.1. The second kappa shape index (κ2) is 8.74. The summed E-state index contributed by atoms with van der Waals surface area (Å²) < 4.78 is 18.7. The molecule has 0 radical (unpaired) electrons. The number of halogens is 1. The molecular weight excluding hydrogens is 355 g/mol. The number of carbonyl (C=O) groups excluding carboxylic acids is 1. The number of methoxy groups -OCH3 is 1. The standard InChI is InChI=1S/C23H29FN2O2/c1-26(2)21(17-7-6-8-20(15-17)28-3)16-25-22(27)23(13-4-5-14-23)18-9-11-19(24)12-10-18/h6-12,15,21H,4-5,13-14,16H2,1-3H3,(H,25,27)/t21-/m1/s1. The van der Waals surface area contributed by atoms with Crippen LogP contribution in [0.3, 0.4) is 0 Å². The molecule has 2 aromatic carbocycles. The highest BCUT2D eigenvalue weighted by Gasteiger charge is 2.42. The number of hydrogen-bond acceptors (Lipinski definition) is 3. The molecule has 28 heavy (non-hydrogen) atoms. The first-order chi connectivity index (χ1) is 13.5. The van der Waals surface area contributed by atoms with Gasteiger partial charge in [0.15, 0.2) is 0 Å². The number of nitrogens with one attached hydrogen (secondary N) is 1. The van der Waals surface area contributed by atoms with E-state index in [2.05, 4.69) is 10.2 Å². The lowest BCUT2D eigenvalue weighted by Gasteiger charge is -2.31. The normalized spacial score (nSPS) is 16.8. The predicted molar refractivity (Wildman–Crippen MR) is 109 cm³/mol. The number of nitrogens with zero attached hydrogens (tertiary/aromatic N) is 1. The molecule has 1 aliphatic carbocycles. The summed E-state index contributed by atoms with van der Waals surface area (Å²) in [4.78, 5) is 15.4. The Labute approximate surface area is 166 Å². The zero-order valence-corrected chi connectivity index (χ0v) is 16.9. The number of ether oxygens (including phenoxy) is 1. The van der Waals surface area contributed by atoms with E-state index in [1.165, 1.54) is 12.1 Å². The minimum Gasteiger partial charge on any atom is -0.497 e. The van der Waals surface area contributed by atoms with E-state index in [9.17, 15) is 9.18 Å². The van der Waals surface area contributed by atoms with E-state index in [1.807, 2.05) is 38.4 Å². The predicted octanol–water partition coefficient (Wildman–Crippen LogP) is 4.07. The molecule has 0 spiro atoms. The quantitative estimate of drug-likeness (QED) is 0.783. The lowest BCUT2D eigenvalue weighted by Crippen LogP contribution is -2.45. The van der Waals surface area contributed by atoms with Crippen molar-refractivity contribution in [1.82, 2.24) is 10.2 Å². The van der Waals surface area contributed by atoms with E-state index >= 15 is 0 Å². The summed E-state index contributed by atoms with van der Waals surface area (Å²) >= 11 is 0. The first-order valence-corrected chi connectivity index (χ1v) is 9.81. The number of carbonyl (C=O) groups is 1. The van der Waals surface area contributed by atoms with Gasteiger partial charge in [0.2, 0.25) is 5.91 Å². The molecule has 1 aliphatic rings. The van der Waals surface area contributed by atoms with Gasteiger partial charge in [0.25, 0.3) is 0 Å². The second-order valence-corrected chi connectivity index (χ2v) is 7.76. The Bertz CT molecular complexity index is 799. The average molecular weight is 384 g/mol. The van der Waals surface area contributed by atoms with Crippen LogP contribution in [0.1, 0.15) is 42.9 Å². The van der Waals surface area contributed by atoms with Gasteiger partial charge in [-0.1, -0.05) is 37.1 Å². The van der Waals surface area contributed by atoms with Gasteiger partial charge >= 0.3 is 0 Å². The molecule has 5 heteroatoms. The van der Waals surface area contributed by atoms with Crippen molar-refractivity contribution in [1.29, 1.82) is 0 Å². The van der Waals surface area contributed by atoms with Gasteiger partial charge in [0.1, 0.15) is 11.6 Å². The average Bonchev–Trinajstić information content (AvgIpc) is 3.19. The third-order valence-corrected chi connectivity index (χ3v) is 5.85. The molecule has 1 amide bonds. The van der Waals surface area contributed by atoms with Crippen molar-refractivity contribution in [3.05, 3.63) is 65.5 Å². The fraction of sp³-hybridized carbons (Fsp3) is 0.435. The van der Waals surface area contributed by atoms with Crippen LogP contribution in [0.4, 0.5) is 4.39 Å². The summed E-state index contributed by atoms with van der Waals surface area (Å²) in [7, 11) is 5.65. The molecule has 1 N–H and O–H groups in total. The SMILES string of the molecule is COc1cccc([C@@H](CNC(=O)C2(c3ccc(F)cc3)CCCC2)N(C)C)c1. The summed E-state index contributed by atoms with van der Waals surface area (Å²) in [6, 6.07) is 14.4. The highest BCUT2D eigenvalue weighted by molar-refractivity contribution is 5.88. The van der Waals surface area contributed by atoms with Crippen LogP contribution in [-0.2, 0) is 10.2 Å². The molecule has 1 atom stereocenters. The molecule has 0 aromatic heterocycles. The van der Waals surface area contributed by atoms with E-state index in [0.717, 1.165) is 42.6 Å². The van der Waals surface area contributed by atoms with Crippen molar-refractivity contribution >= 4 is 5.91 Å². The maximum absolute atomic E-state index is 13.4. The van der Waals surface area contributed by atoms with Crippen molar-refractivity contribution in [2.45, 2.75) is 37.1 Å². The molecule has 150 valence electrons. The van der Waals surface area contributed by atoms with Crippen molar-refractivity contribution < 1.29 is 13.9 Å². The summed E-state index contributed by atoms with van der Waals surface area (Å²) in [5.41, 5.74) is 1.44. The van der Waals surface area contributed by atoms with Gasteiger partial charge in [-0.15, -0.1) is 0 Å². The van der Waals surface area contributed by atoms with Crippen LogP contribution in [0.25, 0.3) is 0 Å². The summed E-state index contributed by atoms with van der Waals surface area (Å²) in [6.07, 6.45) is 3.63. The van der Waals surface area contributed by atoms with Crippen LogP contribution in [0.15, 0.2) is 48.5 Å². The number of hydrogen-bond donors (Lipinski definition) is 1. The Kier molecular flexibility index (Phi) is 6.35. The van der Waals surface area contributed by atoms with Crippen LogP contribution < -0.4 is 10.1 Å². The molecule has 1 fully saturated rings. The van der Waals surface area contributed by atoms with Crippen molar-refractivity contribution in [3.63, 3.8) is 0 Å². The van der Waals surface area contributed by atoms with Crippen LogP contribution >= 0.6 is 0 Å². The second-order valence-electron chi connectivity index (χ2n) is 7.76. The lowest BCUT2D eigenvalue weighted by molar-refractivity contribution is -0.126. The van der Waals surface area contributed by atoms with Gasteiger partial charge in [0.05, 0.1) is 18.6 Å². The third-order valence-electron chi connectivity index (χ3n) is 5.85. The third kappa shape index (κ3) is 4.20. The first kappa shape index (κ1) is 20.3. The van der Waals surface area contributed by atoms with Crippen LogP contribution in [-0.4, -0.2) is 38.6 Å². The van der Waals surface area contributed by atoms with Crippen LogP contribution in [0.2, 0.25) is 0 Å². The van der Waals surface area contributed by atoms with Crippen molar-refractivity contribution in [2.24, 2.45) is 0 Å². The van der Waals surface area contributed by atoms with E-state index in [4.69, 9.17) is 4.74 Å². The Balaban J connectivity index is 1.78. The Morgan fingerprint density at radius 3 is 2.46 bits per heavy atom. The fourth-order valence-corrected chi connectivity index (χ4v) is 4.20. The lowest BCUT2D eigenvalue weighted by atomic mass is 9.78. The highest BCUT2D eigenvalue weighted by Crippen LogP contribution is 2.41. The van der Waals surface area contributed by atoms with E-state index in [-0.39, 0.29) is 17.8 Å². The van der Waals surface area contributed by atoms with Crippen LogP contribution in [0.5, 0.6) is 5.75 Å². The maximum Gasteiger partial charge on any atom is 0.230 e. The molecule has 2 aromatic rings. The molecule has 0 aliphatic heterocycles. The smallest absolute Gasteiger partial charge is 0.230 e. The number of amides is 1. The Morgan fingerprint density at radius 2 is 1.86 bits per heavy atom. The summed E-state index contributed by atoms with van der Waals surface area (Å²) in [6.45, 7) is 0.502. The number of benzene rings is 2. The maximum atomic E-state index is 13.4. The van der Waals surface area contributed by atoms with Crippen LogP contribution in [0, 0.1) is 5.82 Å². The van der Waals surface area contributed by atoms with Gasteiger partial charge in [-0.2, -0.15) is 0 Å². The molecule has 0 bridgehead atoms. The van der Waals surface area contributed by atoms with E-state index in [1.54, 1.807) is 19.2 Å². The van der Waals surface area contributed by atoms with Gasteiger partial charge in [0, 0.05) is 6.54 Å². The van der Waals surface area contributed by atoms with Crippen molar-refractivity contribution in [2.75, 3.05) is 27.7 Å². The molecule has 1 saturated carbocycles. The molecule has 4 nitrogen and oxygen atoms in total. The van der Waals surface area contributed by atoms with E-state index in [0.29, 0.717) is 6.54 Å². The molecule has 0 heterocycles. The minimum atomic E-state index is -0.557. The van der Waals surface area contributed by atoms with E-state index < -0.39 is 5.41 Å². The zero-order valence-electron chi connectivity index (χ0n) is 16.9. The van der Waals surface area contributed by atoms with Gasteiger partial charge in [-0.3, -0.25) is 4.79 Å². The molecular formula is C23H29FN2O2. The molecule has 3 rings (SSSR count). The first-order valence-electron chi connectivity index (χ1n) is 9.81. The van der Waals surface area contributed by atoms with Gasteiger partial charge in [-0.05, 0) is 62.3 Å². The summed E-state index contributed by atoms with van der Waals surface area (Å²) in [5.74, 6) is 0.559. The fourth-order valence-electron chi connectivity index (χ4n) is 4.20. The topological polar surface area (TPSA) is 41.6 Å². The monoisotopic (exact) mass is 384 g/mol. The Hall–Kier alpha value is -2.40. The number of rotatable bonds is 7. The van der Waals surface area contributed by atoms with Gasteiger partial charge in [-0.25, -0.2) is 4.39 Å². The number of likely N-dealkylation sites (N-methyl/N-ethyl adjacent to an activating group) is 1. The Morgan fingerprint density at radius 1 is 1.18 bits per heavy atom. The molecule has 0 unspecified atom stereocenters. The van der Waals surface area contributed by atoms with Gasteiger partial charge < -0.3 is 15.0 Å². The molecule has 0 saturated heterocycles. The largest absolute Gasteiger partial charge is 0.497 e. The van der Waals surface area contributed by atoms with Crippen molar-refractivity contribution in [3.8, 4) is 5.75 Å². The summed E-state index contributed by atoms with van der Waals surface area (Å²) in [5, 5.41) is 3.18. The highest BCUT2D eigenvalue weighted by atomic mass is 19.1.